The van der Waals surface area contributed by atoms with Crippen molar-refractivity contribution in [3.63, 3.8) is 0 Å². The number of hydrogen-bond acceptors (Lipinski definition) is 3. The molecule has 1 amide bonds. The molecule has 2 heterocycles. The molecule has 1 aromatic heterocycles. The zero-order valence-corrected chi connectivity index (χ0v) is 12.4. The van der Waals surface area contributed by atoms with Gasteiger partial charge in [0.15, 0.2) is 0 Å². The Morgan fingerprint density at radius 1 is 1.52 bits per heavy atom. The van der Waals surface area contributed by atoms with Crippen LogP contribution in [-0.4, -0.2) is 29.2 Å². The van der Waals surface area contributed by atoms with Crippen molar-refractivity contribution in [1.29, 1.82) is 0 Å². The van der Waals surface area contributed by atoms with Crippen molar-refractivity contribution < 1.29 is 4.79 Å². The number of nitrogens with zero attached hydrogens (tertiary/aromatic N) is 1. The van der Waals surface area contributed by atoms with E-state index in [1.165, 1.54) is 12.8 Å². The van der Waals surface area contributed by atoms with Gasteiger partial charge >= 0.3 is 0 Å². The van der Waals surface area contributed by atoms with Crippen LogP contribution in [0.25, 0.3) is 10.9 Å². The minimum Gasteiger partial charge on any atom is -0.326 e. The number of anilines is 1. The lowest BCUT2D eigenvalue weighted by Crippen LogP contribution is -2.34. The van der Waals surface area contributed by atoms with Crippen molar-refractivity contribution in [3.8, 4) is 0 Å². The highest BCUT2D eigenvalue weighted by Crippen LogP contribution is 2.23. The standard InChI is InChI=1S/C16H22N4O/c1-11(12-3-2-6-17-9-12)7-16(21)19-14-5-4-13-10-18-20-15(13)8-14/h4-5,8,10-12,17H,2-3,6-7,9H2,1H3,(H,18,20)(H,19,21). The number of rotatable bonds is 4. The zero-order chi connectivity index (χ0) is 14.7. The van der Waals surface area contributed by atoms with E-state index < -0.39 is 0 Å². The average Bonchev–Trinajstić information content (AvgIpc) is 2.95. The molecule has 2 unspecified atom stereocenters. The number of nitrogens with one attached hydrogen (secondary N) is 3. The number of aromatic nitrogens is 2. The molecule has 1 saturated heterocycles. The van der Waals surface area contributed by atoms with Crippen LogP contribution in [0.4, 0.5) is 5.69 Å². The average molecular weight is 286 g/mol. The lowest BCUT2D eigenvalue weighted by molar-refractivity contribution is -0.117. The van der Waals surface area contributed by atoms with Gasteiger partial charge in [0.05, 0.1) is 11.7 Å². The van der Waals surface area contributed by atoms with E-state index in [-0.39, 0.29) is 5.91 Å². The summed E-state index contributed by atoms with van der Waals surface area (Å²) in [5.41, 5.74) is 1.77. The van der Waals surface area contributed by atoms with E-state index in [2.05, 4.69) is 27.8 Å². The van der Waals surface area contributed by atoms with Crippen LogP contribution in [0, 0.1) is 11.8 Å². The molecule has 112 valence electrons. The van der Waals surface area contributed by atoms with Gasteiger partial charge in [-0.3, -0.25) is 9.89 Å². The Balaban J connectivity index is 1.57. The summed E-state index contributed by atoms with van der Waals surface area (Å²) in [5, 5.41) is 14.4. The number of amides is 1. The number of carbonyl (C=O) groups is 1. The van der Waals surface area contributed by atoms with Crippen LogP contribution in [-0.2, 0) is 4.79 Å². The molecule has 0 aliphatic carbocycles. The van der Waals surface area contributed by atoms with E-state index in [1.807, 2.05) is 18.2 Å². The minimum absolute atomic E-state index is 0.0898. The maximum absolute atomic E-state index is 12.2. The number of aromatic amines is 1. The summed E-state index contributed by atoms with van der Waals surface area (Å²) in [7, 11) is 0. The van der Waals surface area contributed by atoms with Gasteiger partial charge in [0.2, 0.25) is 5.91 Å². The maximum atomic E-state index is 12.2. The molecule has 0 radical (unpaired) electrons. The molecule has 2 atom stereocenters. The van der Waals surface area contributed by atoms with E-state index >= 15 is 0 Å². The monoisotopic (exact) mass is 286 g/mol. The van der Waals surface area contributed by atoms with Gasteiger partial charge in [-0.25, -0.2) is 0 Å². The van der Waals surface area contributed by atoms with E-state index in [9.17, 15) is 4.79 Å². The Hall–Kier alpha value is -1.88. The molecule has 1 fully saturated rings. The molecular weight excluding hydrogens is 264 g/mol. The Morgan fingerprint density at radius 3 is 3.24 bits per heavy atom. The molecule has 21 heavy (non-hydrogen) atoms. The molecule has 0 bridgehead atoms. The van der Waals surface area contributed by atoms with Gasteiger partial charge in [-0.2, -0.15) is 5.10 Å². The molecule has 3 N–H and O–H groups in total. The zero-order valence-electron chi connectivity index (χ0n) is 12.4. The molecule has 2 aromatic rings. The number of hydrogen-bond donors (Lipinski definition) is 3. The smallest absolute Gasteiger partial charge is 0.224 e. The molecular formula is C16H22N4O. The Bertz CT molecular complexity index is 616. The van der Waals surface area contributed by atoms with Gasteiger partial charge in [-0.05, 0) is 56.0 Å². The Labute approximate surface area is 124 Å². The predicted molar refractivity (Wildman–Crippen MR) is 84.1 cm³/mol. The van der Waals surface area contributed by atoms with Gasteiger partial charge < -0.3 is 10.6 Å². The summed E-state index contributed by atoms with van der Waals surface area (Å²) in [4.78, 5) is 12.2. The van der Waals surface area contributed by atoms with E-state index in [0.29, 0.717) is 18.3 Å². The number of fused-ring (bicyclic) bond motifs is 1. The molecule has 5 heteroatoms. The quantitative estimate of drug-likeness (QED) is 0.809. The summed E-state index contributed by atoms with van der Waals surface area (Å²) in [6.07, 6.45) is 4.79. The summed E-state index contributed by atoms with van der Waals surface area (Å²) < 4.78 is 0. The third-order valence-electron chi connectivity index (χ3n) is 4.37. The highest BCUT2D eigenvalue weighted by atomic mass is 16.1. The van der Waals surface area contributed by atoms with E-state index in [4.69, 9.17) is 0 Å². The minimum atomic E-state index is 0.0898. The molecule has 0 spiro atoms. The molecule has 1 aliphatic rings. The van der Waals surface area contributed by atoms with Crippen LogP contribution >= 0.6 is 0 Å². The van der Waals surface area contributed by atoms with Crippen molar-refractivity contribution in [1.82, 2.24) is 15.5 Å². The first-order valence-corrected chi connectivity index (χ1v) is 7.66. The molecule has 5 nitrogen and oxygen atoms in total. The number of piperidine rings is 1. The Morgan fingerprint density at radius 2 is 2.43 bits per heavy atom. The van der Waals surface area contributed by atoms with Crippen LogP contribution in [0.15, 0.2) is 24.4 Å². The van der Waals surface area contributed by atoms with Crippen LogP contribution < -0.4 is 10.6 Å². The number of H-pyrrole nitrogens is 1. The van der Waals surface area contributed by atoms with Gasteiger partial charge in [0.25, 0.3) is 0 Å². The molecule has 0 saturated carbocycles. The lowest BCUT2D eigenvalue weighted by atomic mass is 9.85. The second-order valence-corrected chi connectivity index (χ2v) is 6.01. The molecule has 1 aromatic carbocycles. The second-order valence-electron chi connectivity index (χ2n) is 6.01. The van der Waals surface area contributed by atoms with Crippen molar-refractivity contribution >= 4 is 22.5 Å². The van der Waals surface area contributed by atoms with Crippen molar-refractivity contribution in [3.05, 3.63) is 24.4 Å². The largest absolute Gasteiger partial charge is 0.326 e. The fourth-order valence-electron chi connectivity index (χ4n) is 3.05. The summed E-state index contributed by atoms with van der Waals surface area (Å²) in [6.45, 7) is 4.32. The van der Waals surface area contributed by atoms with Crippen LogP contribution in [0.1, 0.15) is 26.2 Å². The van der Waals surface area contributed by atoms with E-state index in [0.717, 1.165) is 29.7 Å². The fraction of sp³-hybridized carbons (Fsp3) is 0.500. The van der Waals surface area contributed by atoms with Gasteiger partial charge in [0.1, 0.15) is 0 Å². The van der Waals surface area contributed by atoms with Crippen molar-refractivity contribution in [2.45, 2.75) is 26.2 Å². The van der Waals surface area contributed by atoms with Gasteiger partial charge in [0, 0.05) is 17.5 Å². The van der Waals surface area contributed by atoms with Crippen LogP contribution in [0.2, 0.25) is 0 Å². The fourth-order valence-corrected chi connectivity index (χ4v) is 3.05. The topological polar surface area (TPSA) is 69.8 Å². The molecule has 3 rings (SSSR count). The maximum Gasteiger partial charge on any atom is 0.224 e. The van der Waals surface area contributed by atoms with Gasteiger partial charge in [-0.15, -0.1) is 0 Å². The van der Waals surface area contributed by atoms with Crippen LogP contribution in [0.3, 0.4) is 0 Å². The van der Waals surface area contributed by atoms with E-state index in [1.54, 1.807) is 6.20 Å². The highest BCUT2D eigenvalue weighted by Gasteiger charge is 2.22. The number of carbonyl (C=O) groups excluding carboxylic acids is 1. The first kappa shape index (κ1) is 14.1. The normalized spacial score (nSPS) is 20.3. The summed E-state index contributed by atoms with van der Waals surface area (Å²) in [6, 6.07) is 5.80. The summed E-state index contributed by atoms with van der Waals surface area (Å²) in [5.74, 6) is 1.11. The highest BCUT2D eigenvalue weighted by molar-refractivity contribution is 5.93. The number of benzene rings is 1. The Kier molecular flexibility index (Phi) is 4.20. The molecule has 1 aliphatic heterocycles. The third kappa shape index (κ3) is 3.42. The first-order valence-electron chi connectivity index (χ1n) is 7.66. The SMILES string of the molecule is CC(CC(=O)Nc1ccc2cn[nH]c2c1)C1CCCNC1. The summed E-state index contributed by atoms with van der Waals surface area (Å²) >= 11 is 0. The predicted octanol–water partition coefficient (Wildman–Crippen LogP) is 2.53. The van der Waals surface area contributed by atoms with Gasteiger partial charge in [-0.1, -0.05) is 6.92 Å². The first-order chi connectivity index (χ1) is 10.2. The second kappa shape index (κ2) is 6.26. The van der Waals surface area contributed by atoms with Crippen LogP contribution in [0.5, 0.6) is 0 Å². The lowest BCUT2D eigenvalue weighted by Gasteiger charge is -2.28. The van der Waals surface area contributed by atoms with Crippen molar-refractivity contribution in [2.24, 2.45) is 11.8 Å². The third-order valence-corrected chi connectivity index (χ3v) is 4.37. The van der Waals surface area contributed by atoms with Crippen molar-refractivity contribution in [2.75, 3.05) is 18.4 Å².